The Morgan fingerprint density at radius 3 is 3.21 bits per heavy atom. The Labute approximate surface area is 127 Å². The fraction of sp³-hybridized carbons (Fsp3) is 0.600. The molecule has 1 N–H and O–H groups in total. The summed E-state index contributed by atoms with van der Waals surface area (Å²) < 4.78 is 7.55. The number of hydrogen-bond acceptors (Lipinski definition) is 3. The van der Waals surface area contributed by atoms with Crippen molar-refractivity contribution in [3.05, 3.63) is 28.2 Å². The van der Waals surface area contributed by atoms with Gasteiger partial charge in [0.15, 0.2) is 0 Å². The summed E-state index contributed by atoms with van der Waals surface area (Å²) in [6.45, 7) is 4.42. The van der Waals surface area contributed by atoms with Crippen molar-refractivity contribution in [2.24, 2.45) is 0 Å². The van der Waals surface area contributed by atoms with Crippen molar-refractivity contribution in [2.45, 2.75) is 37.0 Å². The van der Waals surface area contributed by atoms with Crippen molar-refractivity contribution in [3.8, 4) is 5.75 Å². The Hall–Kier alpha value is -0.190. The van der Waals surface area contributed by atoms with Crippen LogP contribution in [0.1, 0.15) is 25.3 Å². The topological polar surface area (TPSA) is 21.3 Å². The van der Waals surface area contributed by atoms with Gasteiger partial charge in [-0.05, 0) is 49.3 Å². The molecular weight excluding hydrogens is 322 g/mol. The zero-order valence-corrected chi connectivity index (χ0v) is 13.6. The first-order valence-corrected chi connectivity index (χ1v) is 8.72. The summed E-state index contributed by atoms with van der Waals surface area (Å²) in [5, 5.41) is 3.60. The van der Waals surface area contributed by atoms with Crippen LogP contribution in [0.4, 0.5) is 0 Å². The molecule has 0 aromatic heterocycles. The van der Waals surface area contributed by atoms with Crippen LogP contribution in [0.3, 0.4) is 0 Å². The zero-order valence-electron chi connectivity index (χ0n) is 11.2. The average Bonchev–Trinajstić information content (AvgIpc) is 2.95. The summed E-state index contributed by atoms with van der Waals surface area (Å²) in [6, 6.07) is 6.28. The Morgan fingerprint density at radius 1 is 1.53 bits per heavy atom. The number of thioether (sulfide) groups is 1. The lowest BCUT2D eigenvalue weighted by molar-refractivity contribution is 0.226. The first kappa shape index (κ1) is 13.8. The summed E-state index contributed by atoms with van der Waals surface area (Å²) in [4.78, 5) is 0. The van der Waals surface area contributed by atoms with Gasteiger partial charge in [0.1, 0.15) is 11.9 Å². The molecule has 1 aromatic carbocycles. The van der Waals surface area contributed by atoms with Gasteiger partial charge in [0.2, 0.25) is 0 Å². The van der Waals surface area contributed by atoms with Gasteiger partial charge in [0, 0.05) is 28.7 Å². The van der Waals surface area contributed by atoms with Crippen LogP contribution in [0.25, 0.3) is 0 Å². The second kappa shape index (κ2) is 5.66. The Morgan fingerprint density at radius 2 is 2.42 bits per heavy atom. The van der Waals surface area contributed by atoms with E-state index in [4.69, 9.17) is 4.74 Å². The monoisotopic (exact) mass is 341 g/mol. The number of benzene rings is 1. The van der Waals surface area contributed by atoms with Crippen LogP contribution in [0, 0.1) is 0 Å². The van der Waals surface area contributed by atoms with E-state index in [-0.39, 0.29) is 0 Å². The number of halogens is 1. The van der Waals surface area contributed by atoms with Crippen LogP contribution in [0.2, 0.25) is 0 Å². The molecule has 104 valence electrons. The van der Waals surface area contributed by atoms with Crippen LogP contribution >= 0.6 is 27.7 Å². The SMILES string of the molecule is CC1(CNCC2Cc3cc(Br)ccc3O2)CCCS1. The van der Waals surface area contributed by atoms with Crippen LogP contribution in [-0.2, 0) is 6.42 Å². The minimum atomic E-state index is 0.291. The number of fused-ring (bicyclic) bond motifs is 1. The largest absolute Gasteiger partial charge is 0.488 e. The Kier molecular flexibility index (Phi) is 4.11. The minimum absolute atomic E-state index is 0.291. The number of rotatable bonds is 4. The molecule has 0 aliphatic carbocycles. The van der Waals surface area contributed by atoms with E-state index in [9.17, 15) is 0 Å². The highest BCUT2D eigenvalue weighted by Crippen LogP contribution is 2.37. The van der Waals surface area contributed by atoms with Gasteiger partial charge in [0.05, 0.1) is 0 Å². The van der Waals surface area contributed by atoms with Crippen LogP contribution < -0.4 is 10.1 Å². The van der Waals surface area contributed by atoms with Crippen molar-refractivity contribution >= 4 is 27.7 Å². The molecule has 1 aromatic rings. The van der Waals surface area contributed by atoms with Crippen molar-refractivity contribution in [1.29, 1.82) is 0 Å². The van der Waals surface area contributed by atoms with Gasteiger partial charge in [-0.25, -0.2) is 0 Å². The van der Waals surface area contributed by atoms with Crippen LogP contribution in [0.5, 0.6) is 5.75 Å². The highest BCUT2D eigenvalue weighted by Gasteiger charge is 2.30. The van der Waals surface area contributed by atoms with Crippen LogP contribution in [0.15, 0.2) is 22.7 Å². The van der Waals surface area contributed by atoms with Gasteiger partial charge in [-0.3, -0.25) is 0 Å². The molecule has 0 amide bonds. The van der Waals surface area contributed by atoms with Gasteiger partial charge < -0.3 is 10.1 Å². The molecule has 0 bridgehead atoms. The standard InChI is InChI=1S/C15H20BrNOS/c1-15(5-2-6-19-15)10-17-9-13-8-11-7-12(16)3-4-14(11)18-13/h3-4,7,13,17H,2,5-6,8-10H2,1H3. The second-order valence-electron chi connectivity index (χ2n) is 5.73. The lowest BCUT2D eigenvalue weighted by atomic mass is 10.1. The molecular formula is C15H20BrNOS. The molecule has 2 aliphatic rings. The third kappa shape index (κ3) is 3.29. The zero-order chi connectivity index (χ0) is 13.3. The molecule has 2 nitrogen and oxygen atoms in total. The van der Waals surface area contributed by atoms with Crippen molar-refractivity contribution < 1.29 is 4.74 Å². The highest BCUT2D eigenvalue weighted by molar-refractivity contribution is 9.10. The first-order valence-electron chi connectivity index (χ1n) is 6.94. The summed E-state index contributed by atoms with van der Waals surface area (Å²) in [5.41, 5.74) is 1.32. The van der Waals surface area contributed by atoms with Crippen LogP contribution in [-0.4, -0.2) is 29.7 Å². The van der Waals surface area contributed by atoms with Gasteiger partial charge in [0.25, 0.3) is 0 Å². The van der Waals surface area contributed by atoms with E-state index in [1.807, 2.05) is 6.07 Å². The van der Waals surface area contributed by atoms with Crippen molar-refractivity contribution in [1.82, 2.24) is 5.32 Å². The lowest BCUT2D eigenvalue weighted by Gasteiger charge is -2.24. The van der Waals surface area contributed by atoms with Crippen molar-refractivity contribution in [2.75, 3.05) is 18.8 Å². The Balaban J connectivity index is 1.48. The van der Waals surface area contributed by atoms with E-state index >= 15 is 0 Å². The third-order valence-corrected chi connectivity index (χ3v) is 5.97. The summed E-state index contributed by atoms with van der Waals surface area (Å²) in [6.07, 6.45) is 4.01. The number of nitrogens with one attached hydrogen (secondary N) is 1. The predicted octanol–water partition coefficient (Wildman–Crippen LogP) is 3.63. The minimum Gasteiger partial charge on any atom is -0.488 e. The average molecular weight is 342 g/mol. The van der Waals surface area contributed by atoms with Gasteiger partial charge in [-0.1, -0.05) is 15.9 Å². The molecule has 2 atom stereocenters. The van der Waals surface area contributed by atoms with Gasteiger partial charge in [-0.15, -0.1) is 0 Å². The van der Waals surface area contributed by atoms with E-state index in [1.54, 1.807) is 0 Å². The number of hydrogen-bond donors (Lipinski definition) is 1. The Bertz CT molecular complexity index is 459. The summed E-state index contributed by atoms with van der Waals surface area (Å²) in [7, 11) is 0. The predicted molar refractivity (Wildman–Crippen MR) is 85.2 cm³/mol. The van der Waals surface area contributed by atoms with E-state index in [0.717, 1.165) is 29.7 Å². The maximum absolute atomic E-state index is 5.97. The lowest BCUT2D eigenvalue weighted by Crippen LogP contribution is -2.38. The number of ether oxygens (including phenoxy) is 1. The molecule has 19 heavy (non-hydrogen) atoms. The quantitative estimate of drug-likeness (QED) is 0.903. The maximum Gasteiger partial charge on any atom is 0.123 e. The normalized spacial score (nSPS) is 29.3. The first-order chi connectivity index (χ1) is 9.15. The molecule has 0 saturated carbocycles. The third-order valence-electron chi connectivity index (χ3n) is 3.94. The smallest absolute Gasteiger partial charge is 0.123 e. The maximum atomic E-state index is 5.97. The summed E-state index contributed by atoms with van der Waals surface area (Å²) >= 11 is 5.62. The fourth-order valence-electron chi connectivity index (χ4n) is 2.88. The molecule has 1 saturated heterocycles. The highest BCUT2D eigenvalue weighted by atomic mass is 79.9. The molecule has 4 heteroatoms. The van der Waals surface area contributed by atoms with E-state index in [1.165, 1.54) is 24.2 Å². The molecule has 2 aliphatic heterocycles. The van der Waals surface area contributed by atoms with E-state index in [2.05, 4.69) is 52.1 Å². The van der Waals surface area contributed by atoms with E-state index in [0.29, 0.717) is 10.9 Å². The molecule has 0 radical (unpaired) electrons. The van der Waals surface area contributed by atoms with E-state index < -0.39 is 0 Å². The summed E-state index contributed by atoms with van der Waals surface area (Å²) in [5.74, 6) is 2.37. The molecule has 3 rings (SSSR count). The molecule has 2 unspecified atom stereocenters. The molecule has 1 fully saturated rings. The van der Waals surface area contributed by atoms with Gasteiger partial charge in [-0.2, -0.15) is 11.8 Å². The molecule has 2 heterocycles. The van der Waals surface area contributed by atoms with Crippen molar-refractivity contribution in [3.63, 3.8) is 0 Å². The second-order valence-corrected chi connectivity index (χ2v) is 8.33. The molecule has 0 spiro atoms. The fourth-order valence-corrected chi connectivity index (χ4v) is 4.56. The van der Waals surface area contributed by atoms with Gasteiger partial charge >= 0.3 is 0 Å².